The summed E-state index contributed by atoms with van der Waals surface area (Å²) in [7, 11) is 1.68. The zero-order valence-electron chi connectivity index (χ0n) is 19.6. The molecule has 1 saturated heterocycles. The lowest BCUT2D eigenvalue weighted by Crippen LogP contribution is -2.46. The largest absolute Gasteiger partial charge is 0.416 e. The molecule has 1 fully saturated rings. The first-order chi connectivity index (χ1) is 17.3. The smallest absolute Gasteiger partial charge is 0.354 e. The first-order valence-electron chi connectivity index (χ1n) is 11.5. The Bertz CT molecular complexity index is 1270. The van der Waals surface area contributed by atoms with Crippen molar-refractivity contribution in [2.24, 2.45) is 4.99 Å². The van der Waals surface area contributed by atoms with Crippen molar-refractivity contribution in [3.8, 4) is 0 Å². The van der Waals surface area contributed by atoms with Crippen molar-refractivity contribution in [1.82, 2.24) is 15.5 Å². The van der Waals surface area contributed by atoms with Crippen LogP contribution in [0.5, 0.6) is 0 Å². The third-order valence-electron chi connectivity index (χ3n) is 6.11. The fraction of sp³-hybridized carbons (Fsp3) is 0.320. The molecule has 4 rings (SSSR count). The Kier molecular flexibility index (Phi) is 7.47. The minimum atomic E-state index is -4.42. The predicted octanol–water partition coefficient (Wildman–Crippen LogP) is 4.90. The number of aromatic nitrogens is 2. The van der Waals surface area contributed by atoms with Crippen molar-refractivity contribution in [1.29, 1.82) is 5.41 Å². The summed E-state index contributed by atoms with van der Waals surface area (Å²) in [6.45, 7) is 1.30. The van der Waals surface area contributed by atoms with E-state index in [1.807, 2.05) is 24.3 Å². The number of rotatable bonds is 6. The van der Waals surface area contributed by atoms with Crippen LogP contribution in [0.3, 0.4) is 0 Å². The van der Waals surface area contributed by atoms with Gasteiger partial charge in [-0.05, 0) is 37.1 Å². The van der Waals surface area contributed by atoms with Crippen LogP contribution >= 0.6 is 0 Å². The third-order valence-corrected chi connectivity index (χ3v) is 6.11. The van der Waals surface area contributed by atoms with Gasteiger partial charge < -0.3 is 20.9 Å². The lowest BCUT2D eigenvalue weighted by Gasteiger charge is -2.33. The first-order valence-corrected chi connectivity index (χ1v) is 11.5. The maximum absolute atomic E-state index is 12.7. The zero-order chi connectivity index (χ0) is 25.7. The van der Waals surface area contributed by atoms with Gasteiger partial charge in [0.15, 0.2) is 5.82 Å². The van der Waals surface area contributed by atoms with Crippen LogP contribution in [0.15, 0.2) is 53.5 Å². The average Bonchev–Trinajstić information content (AvgIpc) is 2.87. The number of carbonyl (C=O) groups excluding carboxylic acids is 1. The Balaban J connectivity index is 1.39. The quantitative estimate of drug-likeness (QED) is 0.421. The average molecular weight is 498 g/mol. The molecule has 36 heavy (non-hydrogen) atoms. The molecule has 0 unspecified atom stereocenters. The van der Waals surface area contributed by atoms with Crippen molar-refractivity contribution in [3.05, 3.63) is 59.8 Å². The molecule has 3 N–H and O–H groups in total. The fourth-order valence-electron chi connectivity index (χ4n) is 4.26. The molecule has 3 aromatic rings. The maximum Gasteiger partial charge on any atom is 0.416 e. The molecule has 0 spiro atoms. The number of aliphatic imine (C=N–C) groups is 1. The number of fused-ring (bicyclic) bond motifs is 1. The topological polar surface area (TPSA) is 106 Å². The van der Waals surface area contributed by atoms with E-state index >= 15 is 0 Å². The number of hydrogen-bond donors (Lipinski definition) is 3. The number of anilines is 2. The van der Waals surface area contributed by atoms with E-state index in [1.165, 1.54) is 18.3 Å². The number of urea groups is 1. The van der Waals surface area contributed by atoms with Gasteiger partial charge in [-0.25, -0.2) is 4.79 Å². The summed E-state index contributed by atoms with van der Waals surface area (Å²) >= 11 is 0. The van der Waals surface area contributed by atoms with Crippen LogP contribution in [0.25, 0.3) is 10.8 Å². The SMILES string of the molecule is CN=C(CC=N)c1nnc(N2CCC(NC(=O)Nc3ccc(C(F)(F)F)cc3)CC2)c2ccccc12. The van der Waals surface area contributed by atoms with Gasteiger partial charge in [0.1, 0.15) is 5.69 Å². The number of amides is 2. The van der Waals surface area contributed by atoms with Crippen LogP contribution in [0.2, 0.25) is 0 Å². The van der Waals surface area contributed by atoms with Crippen LogP contribution in [0.4, 0.5) is 29.5 Å². The Hall–Kier alpha value is -4.02. The standard InChI is InChI=1S/C25H26F3N7O/c1-30-21(10-13-29)22-19-4-2-3-5-20(19)23(34-33-22)35-14-11-18(12-15-35)32-24(36)31-17-8-6-16(7-9-17)25(26,27)28/h2-9,13,18,29H,10-12,14-15H2,1H3,(H2,31,32,36). The number of piperidine rings is 1. The van der Waals surface area contributed by atoms with Gasteiger partial charge in [-0.2, -0.15) is 13.2 Å². The highest BCUT2D eigenvalue weighted by Gasteiger charge is 2.30. The van der Waals surface area contributed by atoms with Crippen molar-refractivity contribution in [2.45, 2.75) is 31.5 Å². The Morgan fingerprint density at radius 2 is 1.78 bits per heavy atom. The molecule has 0 saturated carbocycles. The normalized spacial score (nSPS) is 15.1. The summed E-state index contributed by atoms with van der Waals surface area (Å²) in [6.07, 6.45) is -1.41. The highest BCUT2D eigenvalue weighted by Crippen LogP contribution is 2.30. The summed E-state index contributed by atoms with van der Waals surface area (Å²) in [5.74, 6) is 0.757. The highest BCUT2D eigenvalue weighted by molar-refractivity contribution is 6.14. The van der Waals surface area contributed by atoms with Gasteiger partial charge >= 0.3 is 12.2 Å². The molecule has 2 heterocycles. The number of carbonyl (C=O) groups is 1. The molecule has 2 aromatic carbocycles. The molecule has 8 nitrogen and oxygen atoms in total. The number of benzene rings is 2. The van der Waals surface area contributed by atoms with Gasteiger partial charge in [0.2, 0.25) is 0 Å². The van der Waals surface area contributed by atoms with Gasteiger partial charge in [0, 0.05) is 55.3 Å². The maximum atomic E-state index is 12.7. The first kappa shape index (κ1) is 25.1. The van der Waals surface area contributed by atoms with Gasteiger partial charge in [0.05, 0.1) is 11.3 Å². The van der Waals surface area contributed by atoms with E-state index in [0.29, 0.717) is 43.8 Å². The minimum absolute atomic E-state index is 0.0828. The third kappa shape index (κ3) is 5.61. The summed E-state index contributed by atoms with van der Waals surface area (Å²) in [5.41, 5.74) is 0.884. The minimum Gasteiger partial charge on any atom is -0.354 e. The molecule has 0 aliphatic carbocycles. The molecule has 0 atom stereocenters. The second-order valence-electron chi connectivity index (χ2n) is 8.43. The molecule has 11 heteroatoms. The molecule has 0 bridgehead atoms. The molecule has 0 radical (unpaired) electrons. The lowest BCUT2D eigenvalue weighted by molar-refractivity contribution is -0.137. The molecular formula is C25H26F3N7O. The molecule has 1 aliphatic rings. The van der Waals surface area contributed by atoms with Crippen LogP contribution in [-0.2, 0) is 6.18 Å². The van der Waals surface area contributed by atoms with Crippen LogP contribution < -0.4 is 15.5 Å². The van der Waals surface area contributed by atoms with Gasteiger partial charge in [-0.3, -0.25) is 4.99 Å². The van der Waals surface area contributed by atoms with E-state index in [0.717, 1.165) is 28.7 Å². The number of halogens is 3. The summed E-state index contributed by atoms with van der Waals surface area (Å²) in [6, 6.07) is 11.6. The number of nitrogens with one attached hydrogen (secondary N) is 3. The predicted molar refractivity (Wildman–Crippen MR) is 134 cm³/mol. The van der Waals surface area contributed by atoms with Crippen LogP contribution in [0.1, 0.15) is 30.5 Å². The molecule has 2 amide bonds. The van der Waals surface area contributed by atoms with Crippen LogP contribution in [-0.4, -0.2) is 54.3 Å². The Morgan fingerprint density at radius 3 is 2.39 bits per heavy atom. The summed E-state index contributed by atoms with van der Waals surface area (Å²) < 4.78 is 38.1. The van der Waals surface area contributed by atoms with Crippen molar-refractivity contribution in [2.75, 3.05) is 30.4 Å². The number of hydrogen-bond acceptors (Lipinski definition) is 6. The highest BCUT2D eigenvalue weighted by atomic mass is 19.4. The van der Waals surface area contributed by atoms with E-state index < -0.39 is 17.8 Å². The number of alkyl halides is 3. The van der Waals surface area contributed by atoms with E-state index in [1.54, 1.807) is 7.05 Å². The van der Waals surface area contributed by atoms with E-state index in [2.05, 4.69) is 30.7 Å². The second kappa shape index (κ2) is 10.7. The molecule has 1 aliphatic heterocycles. The molecule has 188 valence electrons. The van der Waals surface area contributed by atoms with E-state index in [9.17, 15) is 18.0 Å². The number of nitrogens with zero attached hydrogens (tertiary/aromatic N) is 4. The van der Waals surface area contributed by atoms with Crippen molar-refractivity contribution in [3.63, 3.8) is 0 Å². The Morgan fingerprint density at radius 1 is 1.11 bits per heavy atom. The van der Waals surface area contributed by atoms with E-state index in [4.69, 9.17) is 5.41 Å². The summed E-state index contributed by atoms with van der Waals surface area (Å²) in [4.78, 5) is 18.8. The van der Waals surface area contributed by atoms with Gasteiger partial charge in [-0.1, -0.05) is 24.3 Å². The lowest BCUT2D eigenvalue weighted by atomic mass is 10.0. The summed E-state index contributed by atoms with van der Waals surface area (Å²) in [5, 5.41) is 23.7. The zero-order valence-corrected chi connectivity index (χ0v) is 19.6. The monoisotopic (exact) mass is 497 g/mol. The second-order valence-corrected chi connectivity index (χ2v) is 8.43. The van der Waals surface area contributed by atoms with Gasteiger partial charge in [0.25, 0.3) is 0 Å². The molecular weight excluding hydrogens is 471 g/mol. The van der Waals surface area contributed by atoms with Crippen molar-refractivity contribution >= 4 is 40.2 Å². The van der Waals surface area contributed by atoms with E-state index in [-0.39, 0.29) is 11.7 Å². The Labute approximate surface area is 206 Å². The van der Waals surface area contributed by atoms with Crippen molar-refractivity contribution < 1.29 is 18.0 Å². The fourth-order valence-corrected chi connectivity index (χ4v) is 4.26. The molecule has 1 aromatic heterocycles. The van der Waals surface area contributed by atoms with Crippen LogP contribution in [0, 0.1) is 5.41 Å². The van der Waals surface area contributed by atoms with Gasteiger partial charge in [-0.15, -0.1) is 10.2 Å².